The van der Waals surface area contributed by atoms with Gasteiger partial charge in [0.2, 0.25) is 0 Å². The van der Waals surface area contributed by atoms with Crippen LogP contribution in [0.3, 0.4) is 0 Å². The topological polar surface area (TPSA) is 0 Å². The first kappa shape index (κ1) is 8.44. The van der Waals surface area contributed by atoms with E-state index in [1.807, 2.05) is 24.3 Å². The number of benzene rings is 1. The van der Waals surface area contributed by atoms with Crippen molar-refractivity contribution in [1.29, 1.82) is 0 Å². The fraction of sp³-hybridized carbons (Fsp3) is 0.167. The molecule has 1 radical (unpaired) electrons. The molecule has 12 heavy (non-hydrogen) atoms. The van der Waals surface area contributed by atoms with E-state index in [9.17, 15) is 0 Å². The number of terminal acetylenes is 1. The summed E-state index contributed by atoms with van der Waals surface area (Å²) in [4.78, 5) is 0. The van der Waals surface area contributed by atoms with Gasteiger partial charge in [0.1, 0.15) is 0 Å². The smallest absolute Gasteiger partial charge is 0.0245 e. The molecule has 0 aliphatic carbocycles. The summed E-state index contributed by atoms with van der Waals surface area (Å²) in [6, 6.07) is 10.5. The number of hydrogen-bond acceptors (Lipinski definition) is 0. The Morgan fingerprint density at radius 2 is 2.00 bits per heavy atom. The summed E-state index contributed by atoms with van der Waals surface area (Å²) in [6.45, 7) is 0. The quantitative estimate of drug-likeness (QED) is 0.429. The van der Waals surface area contributed by atoms with Crippen molar-refractivity contribution in [1.82, 2.24) is 0 Å². The van der Waals surface area contributed by atoms with Crippen LogP contribution >= 0.6 is 0 Å². The number of rotatable bonds is 1. The summed E-state index contributed by atoms with van der Waals surface area (Å²) in [6.07, 6.45) is 6.59. The summed E-state index contributed by atoms with van der Waals surface area (Å²) >= 11 is 0. The summed E-state index contributed by atoms with van der Waals surface area (Å²) in [5.41, 5.74) is 1.02. The average Bonchev–Trinajstić information content (AvgIpc) is 2.14. The van der Waals surface area contributed by atoms with Gasteiger partial charge in [0.05, 0.1) is 0 Å². The molecule has 0 nitrogen and oxygen atoms in total. The highest BCUT2D eigenvalue weighted by Crippen LogP contribution is 1.94. The van der Waals surface area contributed by atoms with E-state index in [1.165, 1.54) is 0 Å². The molecule has 57 valence electrons. The molecule has 0 aromatic heterocycles. The molecule has 0 aliphatic rings. The van der Waals surface area contributed by atoms with E-state index in [0.29, 0.717) is 0 Å². The van der Waals surface area contributed by atoms with Crippen LogP contribution in [0.5, 0.6) is 0 Å². The monoisotopic (exact) mass is 153 g/mol. The number of unbranched alkanes of at least 4 members (excludes halogenated alkanes) is 1. The fourth-order valence-electron chi connectivity index (χ4n) is 0.769. The molecular weight excluding hydrogens is 144 g/mol. The standard InChI is InChI=1S/C12H9/c1-2-3-4-6-9-12-10-7-5-8-11-12/h1,7-8,10-11H,3-4H2. The van der Waals surface area contributed by atoms with Gasteiger partial charge in [-0.3, -0.25) is 0 Å². The lowest BCUT2D eigenvalue weighted by Crippen LogP contribution is -1.71. The van der Waals surface area contributed by atoms with E-state index in [0.717, 1.165) is 18.4 Å². The maximum Gasteiger partial charge on any atom is 0.0245 e. The molecule has 0 atom stereocenters. The van der Waals surface area contributed by atoms with Gasteiger partial charge >= 0.3 is 0 Å². The lowest BCUT2D eigenvalue weighted by atomic mass is 10.2. The molecule has 0 heterocycles. The average molecular weight is 153 g/mol. The molecule has 0 unspecified atom stereocenters. The summed E-state index contributed by atoms with van der Waals surface area (Å²) < 4.78 is 0. The Kier molecular flexibility index (Phi) is 3.55. The van der Waals surface area contributed by atoms with Crippen LogP contribution in [-0.2, 0) is 0 Å². The van der Waals surface area contributed by atoms with Crippen molar-refractivity contribution < 1.29 is 0 Å². The largest absolute Gasteiger partial charge is 0.120 e. The van der Waals surface area contributed by atoms with Crippen molar-refractivity contribution in [2.24, 2.45) is 0 Å². The Labute approximate surface area is 73.6 Å². The zero-order chi connectivity index (χ0) is 8.65. The molecule has 0 spiro atoms. The van der Waals surface area contributed by atoms with E-state index in [2.05, 4.69) is 23.8 Å². The van der Waals surface area contributed by atoms with Crippen molar-refractivity contribution >= 4 is 0 Å². The first-order chi connectivity index (χ1) is 5.93. The Morgan fingerprint density at radius 3 is 2.67 bits per heavy atom. The van der Waals surface area contributed by atoms with Crippen LogP contribution in [-0.4, -0.2) is 0 Å². The molecule has 1 rings (SSSR count). The van der Waals surface area contributed by atoms with Crippen molar-refractivity contribution in [3.63, 3.8) is 0 Å². The van der Waals surface area contributed by atoms with Crippen LogP contribution in [0.2, 0.25) is 0 Å². The van der Waals surface area contributed by atoms with Crippen LogP contribution in [0.1, 0.15) is 18.4 Å². The van der Waals surface area contributed by atoms with Crippen LogP contribution < -0.4 is 0 Å². The minimum atomic E-state index is 0.728. The lowest BCUT2D eigenvalue weighted by Gasteiger charge is -1.85. The highest BCUT2D eigenvalue weighted by molar-refractivity contribution is 5.33. The second kappa shape index (κ2) is 5.05. The van der Waals surface area contributed by atoms with E-state index in [1.54, 1.807) is 0 Å². The van der Waals surface area contributed by atoms with Crippen LogP contribution in [0.15, 0.2) is 24.3 Å². The summed E-state index contributed by atoms with van der Waals surface area (Å²) in [5, 5.41) is 0. The minimum Gasteiger partial charge on any atom is -0.120 e. The van der Waals surface area contributed by atoms with E-state index in [4.69, 9.17) is 6.42 Å². The highest BCUT2D eigenvalue weighted by Gasteiger charge is 1.80. The minimum absolute atomic E-state index is 0.728. The Bertz CT molecular complexity index is 317. The maximum atomic E-state index is 5.09. The maximum absolute atomic E-state index is 5.09. The predicted molar refractivity (Wildman–Crippen MR) is 50.2 cm³/mol. The van der Waals surface area contributed by atoms with E-state index in [-0.39, 0.29) is 0 Å². The van der Waals surface area contributed by atoms with Crippen LogP contribution in [0.4, 0.5) is 0 Å². The third kappa shape index (κ3) is 2.95. The fourth-order valence-corrected chi connectivity index (χ4v) is 0.769. The molecule has 1 aromatic rings. The molecule has 1 aromatic carbocycles. The molecule has 0 aliphatic heterocycles. The second-order valence-electron chi connectivity index (χ2n) is 2.29. The SMILES string of the molecule is C#CCCC#Cc1cc[c]cc1. The molecule has 0 amide bonds. The van der Waals surface area contributed by atoms with E-state index >= 15 is 0 Å². The molecule has 0 N–H and O–H groups in total. The second-order valence-corrected chi connectivity index (χ2v) is 2.29. The van der Waals surface area contributed by atoms with Gasteiger partial charge in [0.15, 0.2) is 0 Å². The predicted octanol–water partition coefficient (Wildman–Crippen LogP) is 2.25. The Balaban J connectivity index is 2.51. The van der Waals surface area contributed by atoms with Crippen LogP contribution in [0, 0.1) is 30.3 Å². The molecule has 0 bridgehead atoms. The van der Waals surface area contributed by atoms with E-state index < -0.39 is 0 Å². The normalized spacial score (nSPS) is 7.92. The zero-order valence-electron chi connectivity index (χ0n) is 6.80. The highest BCUT2D eigenvalue weighted by atomic mass is 13.8. The molecule has 0 heteroatoms. The van der Waals surface area contributed by atoms with Gasteiger partial charge in [-0.1, -0.05) is 24.0 Å². The first-order valence-electron chi connectivity index (χ1n) is 3.82. The van der Waals surface area contributed by atoms with Gasteiger partial charge in [-0.15, -0.1) is 12.3 Å². The molecule has 0 fully saturated rings. The summed E-state index contributed by atoms with van der Waals surface area (Å²) in [7, 11) is 0. The van der Waals surface area contributed by atoms with Crippen molar-refractivity contribution in [3.8, 4) is 24.2 Å². The van der Waals surface area contributed by atoms with Gasteiger partial charge < -0.3 is 0 Å². The van der Waals surface area contributed by atoms with Gasteiger partial charge in [0.25, 0.3) is 0 Å². The van der Waals surface area contributed by atoms with Gasteiger partial charge in [-0.2, -0.15) is 0 Å². The summed E-state index contributed by atoms with van der Waals surface area (Å²) in [5.74, 6) is 8.56. The Hall–Kier alpha value is -1.66. The van der Waals surface area contributed by atoms with Gasteiger partial charge in [-0.25, -0.2) is 0 Å². The first-order valence-corrected chi connectivity index (χ1v) is 3.82. The van der Waals surface area contributed by atoms with Crippen LogP contribution in [0.25, 0.3) is 0 Å². The number of hydrogen-bond donors (Lipinski definition) is 0. The molecule has 0 saturated heterocycles. The van der Waals surface area contributed by atoms with Gasteiger partial charge in [-0.05, 0) is 18.2 Å². The van der Waals surface area contributed by atoms with Crippen molar-refractivity contribution in [2.75, 3.05) is 0 Å². The van der Waals surface area contributed by atoms with Crippen molar-refractivity contribution in [2.45, 2.75) is 12.8 Å². The Morgan fingerprint density at radius 1 is 1.25 bits per heavy atom. The molecular formula is C12H9. The zero-order valence-corrected chi connectivity index (χ0v) is 6.80. The lowest BCUT2D eigenvalue weighted by molar-refractivity contribution is 1.12. The third-order valence-corrected chi connectivity index (χ3v) is 1.35. The van der Waals surface area contributed by atoms with Gasteiger partial charge in [0, 0.05) is 18.4 Å². The van der Waals surface area contributed by atoms with Crippen molar-refractivity contribution in [3.05, 3.63) is 35.9 Å². The molecule has 0 saturated carbocycles. The third-order valence-electron chi connectivity index (χ3n) is 1.35.